The average molecular weight is 393 g/mol. The van der Waals surface area contributed by atoms with E-state index in [0.29, 0.717) is 35.6 Å². The van der Waals surface area contributed by atoms with Crippen molar-refractivity contribution in [3.63, 3.8) is 0 Å². The van der Waals surface area contributed by atoms with Gasteiger partial charge >= 0.3 is 6.03 Å². The van der Waals surface area contributed by atoms with Crippen LogP contribution in [0, 0.1) is 5.82 Å². The number of carbonyl (C=O) groups is 2. The van der Waals surface area contributed by atoms with Crippen LogP contribution in [0.15, 0.2) is 59.2 Å². The fraction of sp³-hybridized carbons (Fsp3) is 0.190. The fourth-order valence-electron chi connectivity index (χ4n) is 3.78. The van der Waals surface area contributed by atoms with E-state index >= 15 is 0 Å². The molecule has 7 nitrogen and oxygen atoms in total. The van der Waals surface area contributed by atoms with E-state index in [0.717, 1.165) is 4.90 Å². The van der Waals surface area contributed by atoms with Crippen molar-refractivity contribution < 1.29 is 23.1 Å². The third kappa shape index (κ3) is 2.75. The van der Waals surface area contributed by atoms with Gasteiger partial charge in [0.25, 0.3) is 5.91 Å². The van der Waals surface area contributed by atoms with Crippen molar-refractivity contribution >= 4 is 11.9 Å². The second-order valence-corrected chi connectivity index (χ2v) is 6.97. The topological polar surface area (TPSA) is 84.7 Å². The molecule has 3 aromatic rings. The van der Waals surface area contributed by atoms with Crippen molar-refractivity contribution in [2.24, 2.45) is 0 Å². The standard InChI is InChI=1S/C21H16FN3O4/c22-14-7-5-13(6-8-14)18-23-15(12-29-18)11-25-19(26)21(24-20(25)27)9-10-28-17-4-2-1-3-16(17)21/h1-8,12H,9-11H2,(H,24,27)/t21-/m1/s1. The number of para-hydroxylation sites is 1. The predicted molar refractivity (Wildman–Crippen MR) is 99.2 cm³/mol. The number of oxazole rings is 1. The monoisotopic (exact) mass is 393 g/mol. The second kappa shape index (κ2) is 6.44. The minimum Gasteiger partial charge on any atom is -0.493 e. The molecule has 146 valence electrons. The first kappa shape index (κ1) is 17.4. The molecule has 1 aromatic heterocycles. The molecule has 0 bridgehead atoms. The van der Waals surface area contributed by atoms with E-state index in [4.69, 9.17) is 9.15 Å². The zero-order valence-electron chi connectivity index (χ0n) is 15.2. The summed E-state index contributed by atoms with van der Waals surface area (Å²) in [6.07, 6.45) is 1.74. The van der Waals surface area contributed by atoms with Gasteiger partial charge in [-0.25, -0.2) is 14.2 Å². The van der Waals surface area contributed by atoms with Crippen LogP contribution in [0.4, 0.5) is 9.18 Å². The number of benzene rings is 2. The SMILES string of the molecule is O=C1N[C@@]2(CCOc3ccccc32)C(=O)N1Cc1coc(-c2ccc(F)cc2)n1. The van der Waals surface area contributed by atoms with Gasteiger partial charge in [0.2, 0.25) is 5.89 Å². The molecule has 3 heterocycles. The lowest BCUT2D eigenvalue weighted by Gasteiger charge is -2.33. The Hall–Kier alpha value is -3.68. The Morgan fingerprint density at radius 3 is 2.76 bits per heavy atom. The van der Waals surface area contributed by atoms with E-state index in [2.05, 4.69) is 10.3 Å². The number of hydrogen-bond donors (Lipinski definition) is 1. The minimum absolute atomic E-state index is 0.0276. The number of ether oxygens (including phenoxy) is 1. The van der Waals surface area contributed by atoms with Crippen molar-refractivity contribution in [1.82, 2.24) is 15.2 Å². The van der Waals surface area contributed by atoms with E-state index in [1.165, 1.54) is 18.4 Å². The maximum absolute atomic E-state index is 13.3. The molecule has 0 unspecified atom stereocenters. The van der Waals surface area contributed by atoms with Gasteiger partial charge in [0.15, 0.2) is 5.54 Å². The summed E-state index contributed by atoms with van der Waals surface area (Å²) in [6, 6.07) is 12.4. The largest absolute Gasteiger partial charge is 0.493 e. The number of amides is 3. The lowest BCUT2D eigenvalue weighted by Crippen LogP contribution is -2.47. The molecule has 29 heavy (non-hydrogen) atoms. The Bertz CT molecular complexity index is 1110. The first-order valence-corrected chi connectivity index (χ1v) is 9.14. The molecule has 1 atom stereocenters. The highest BCUT2D eigenvalue weighted by molar-refractivity contribution is 6.07. The maximum Gasteiger partial charge on any atom is 0.325 e. The van der Waals surface area contributed by atoms with Gasteiger partial charge < -0.3 is 14.5 Å². The number of urea groups is 1. The Kier molecular flexibility index (Phi) is 3.87. The van der Waals surface area contributed by atoms with Crippen LogP contribution in [0.3, 0.4) is 0 Å². The van der Waals surface area contributed by atoms with Gasteiger partial charge in [-0.05, 0) is 30.3 Å². The van der Waals surface area contributed by atoms with Crippen molar-refractivity contribution in [2.75, 3.05) is 6.61 Å². The third-order valence-corrected chi connectivity index (χ3v) is 5.22. The summed E-state index contributed by atoms with van der Waals surface area (Å²) < 4.78 is 24.2. The number of aromatic nitrogens is 1. The van der Waals surface area contributed by atoms with Gasteiger partial charge in [0, 0.05) is 17.5 Å². The summed E-state index contributed by atoms with van der Waals surface area (Å²) >= 11 is 0. The fourth-order valence-corrected chi connectivity index (χ4v) is 3.78. The maximum atomic E-state index is 13.3. The number of halogens is 1. The molecule has 3 amide bonds. The predicted octanol–water partition coefficient (Wildman–Crippen LogP) is 3.21. The smallest absolute Gasteiger partial charge is 0.325 e. The number of nitrogens with zero attached hydrogens (tertiary/aromatic N) is 2. The summed E-state index contributed by atoms with van der Waals surface area (Å²) in [5.74, 6) is 0.180. The van der Waals surface area contributed by atoms with Crippen LogP contribution in [0.25, 0.3) is 11.5 Å². The first-order chi connectivity index (χ1) is 14.1. The van der Waals surface area contributed by atoms with Gasteiger partial charge in [-0.2, -0.15) is 0 Å². The van der Waals surface area contributed by atoms with Crippen molar-refractivity contribution in [2.45, 2.75) is 18.5 Å². The molecule has 8 heteroatoms. The van der Waals surface area contributed by atoms with E-state index in [-0.39, 0.29) is 24.2 Å². The Labute approximate surface area is 165 Å². The highest BCUT2D eigenvalue weighted by Gasteiger charge is 2.54. The van der Waals surface area contributed by atoms with Crippen LogP contribution in [0.1, 0.15) is 17.7 Å². The molecule has 2 aliphatic heterocycles. The van der Waals surface area contributed by atoms with Gasteiger partial charge in [0.1, 0.15) is 17.8 Å². The summed E-state index contributed by atoms with van der Waals surface area (Å²) in [7, 11) is 0. The highest BCUT2D eigenvalue weighted by Crippen LogP contribution is 2.41. The second-order valence-electron chi connectivity index (χ2n) is 6.97. The molecular formula is C21H16FN3O4. The van der Waals surface area contributed by atoms with E-state index in [1.807, 2.05) is 12.1 Å². The summed E-state index contributed by atoms with van der Waals surface area (Å²) in [5.41, 5.74) is 0.546. The lowest BCUT2D eigenvalue weighted by atomic mass is 9.84. The van der Waals surface area contributed by atoms with Crippen LogP contribution in [0.5, 0.6) is 5.75 Å². The van der Waals surface area contributed by atoms with Crippen molar-refractivity contribution in [1.29, 1.82) is 0 Å². The molecule has 0 aliphatic carbocycles. The average Bonchev–Trinajstić information content (AvgIpc) is 3.29. The summed E-state index contributed by atoms with van der Waals surface area (Å²) in [5, 5.41) is 2.85. The lowest BCUT2D eigenvalue weighted by molar-refractivity contribution is -0.133. The van der Waals surface area contributed by atoms with Crippen LogP contribution in [0.2, 0.25) is 0 Å². The van der Waals surface area contributed by atoms with Crippen molar-refractivity contribution in [3.8, 4) is 17.2 Å². The number of rotatable bonds is 3. The van der Waals surface area contributed by atoms with Crippen molar-refractivity contribution in [3.05, 3.63) is 71.9 Å². The molecule has 2 aromatic carbocycles. The highest BCUT2D eigenvalue weighted by atomic mass is 19.1. The van der Waals surface area contributed by atoms with Gasteiger partial charge in [0.05, 0.1) is 18.8 Å². The number of nitrogens with one attached hydrogen (secondary N) is 1. The zero-order valence-corrected chi connectivity index (χ0v) is 15.2. The minimum atomic E-state index is -1.13. The molecule has 0 radical (unpaired) electrons. The first-order valence-electron chi connectivity index (χ1n) is 9.14. The molecule has 0 saturated carbocycles. The van der Waals surface area contributed by atoms with Crippen LogP contribution >= 0.6 is 0 Å². The summed E-state index contributed by atoms with van der Waals surface area (Å²) in [6.45, 7) is 0.301. The van der Waals surface area contributed by atoms with Crippen LogP contribution in [-0.4, -0.2) is 28.4 Å². The molecule has 2 aliphatic rings. The Morgan fingerprint density at radius 1 is 1.14 bits per heavy atom. The van der Waals surface area contributed by atoms with Gasteiger partial charge in [-0.1, -0.05) is 18.2 Å². The summed E-state index contributed by atoms with van der Waals surface area (Å²) in [4.78, 5) is 31.4. The van der Waals surface area contributed by atoms with Crippen LogP contribution in [-0.2, 0) is 16.9 Å². The zero-order chi connectivity index (χ0) is 20.0. The van der Waals surface area contributed by atoms with Gasteiger partial charge in [-0.3, -0.25) is 9.69 Å². The third-order valence-electron chi connectivity index (χ3n) is 5.22. The number of imide groups is 1. The van der Waals surface area contributed by atoms with E-state index in [1.54, 1.807) is 24.3 Å². The Balaban J connectivity index is 1.42. The molecule has 5 rings (SSSR count). The quantitative estimate of drug-likeness (QED) is 0.691. The molecule has 1 spiro atoms. The van der Waals surface area contributed by atoms with E-state index in [9.17, 15) is 14.0 Å². The molecule has 1 N–H and O–H groups in total. The molecule has 1 fully saturated rings. The number of carbonyl (C=O) groups excluding carboxylic acids is 2. The van der Waals surface area contributed by atoms with Gasteiger partial charge in [-0.15, -0.1) is 0 Å². The molecule has 1 saturated heterocycles. The Morgan fingerprint density at radius 2 is 1.93 bits per heavy atom. The number of fused-ring (bicyclic) bond motifs is 2. The van der Waals surface area contributed by atoms with E-state index < -0.39 is 11.6 Å². The molecular weight excluding hydrogens is 377 g/mol. The normalized spacial score (nSPS) is 20.5. The number of hydrogen-bond acceptors (Lipinski definition) is 5. The van der Waals surface area contributed by atoms with Crippen LogP contribution < -0.4 is 10.1 Å².